The molecule has 0 aromatic carbocycles. The number of carboxylic acids is 1. The number of nitrogens with zero attached hydrogens (tertiary/aromatic N) is 1. The minimum Gasteiger partial charge on any atom is -0.648 e. The van der Waals surface area contributed by atoms with Gasteiger partial charge in [0.15, 0.2) is 0 Å². The van der Waals surface area contributed by atoms with Crippen LogP contribution in [0.25, 0.3) is 5.32 Å². The molecule has 0 bridgehead atoms. The van der Waals surface area contributed by atoms with E-state index in [4.69, 9.17) is 10.2 Å². The van der Waals surface area contributed by atoms with Crippen LogP contribution in [-0.2, 0) is 4.79 Å². The molecule has 1 rings (SSSR count). The number of rotatable bonds is 1. The van der Waals surface area contributed by atoms with Gasteiger partial charge in [-0.15, -0.1) is 6.54 Å². The van der Waals surface area contributed by atoms with Gasteiger partial charge in [0.05, 0.1) is 0 Å². The van der Waals surface area contributed by atoms with Gasteiger partial charge >= 0.3 is 41.3 Å². The molecule has 1 fully saturated rings. The summed E-state index contributed by atoms with van der Waals surface area (Å²) in [5.74, 6) is -0.938. The van der Waals surface area contributed by atoms with Crippen LogP contribution < -0.4 is 0 Å². The van der Waals surface area contributed by atoms with Crippen molar-refractivity contribution in [1.82, 2.24) is 0 Å². The van der Waals surface area contributed by atoms with Crippen molar-refractivity contribution in [2.45, 2.75) is 18.6 Å². The van der Waals surface area contributed by atoms with Gasteiger partial charge < -0.3 is 15.5 Å². The summed E-state index contributed by atoms with van der Waals surface area (Å²) in [6.07, 6.45) is -0.263. The van der Waals surface area contributed by atoms with E-state index < -0.39 is 18.1 Å². The standard InChI is InChI=1S/C5H8NO3.Pr/c7-3-1-4(5(8)9)6-2-3;/h3-4,7H,1-2H2,(H,8,9);/q-1;+3. The van der Waals surface area contributed by atoms with E-state index >= 15 is 0 Å². The van der Waals surface area contributed by atoms with Gasteiger partial charge in [-0.25, -0.2) is 0 Å². The molecule has 2 unspecified atom stereocenters. The van der Waals surface area contributed by atoms with E-state index in [0.29, 0.717) is 0 Å². The molecule has 0 saturated carbocycles. The third-order valence-corrected chi connectivity index (χ3v) is 1.32. The van der Waals surface area contributed by atoms with E-state index in [9.17, 15) is 4.79 Å². The van der Waals surface area contributed by atoms with Crippen molar-refractivity contribution in [3.05, 3.63) is 5.32 Å². The second-order valence-electron chi connectivity index (χ2n) is 2.11. The fourth-order valence-electron chi connectivity index (χ4n) is 0.835. The van der Waals surface area contributed by atoms with Crippen molar-refractivity contribution in [1.29, 1.82) is 0 Å². The Hall–Kier alpha value is 0.754. The second-order valence-corrected chi connectivity index (χ2v) is 2.11. The molecule has 0 aromatic heterocycles. The Morgan fingerprint density at radius 1 is 1.60 bits per heavy atom. The van der Waals surface area contributed by atoms with Crippen LogP contribution in [0, 0.1) is 41.3 Å². The van der Waals surface area contributed by atoms with Gasteiger partial charge in [-0.2, -0.15) is 0 Å². The smallest absolute Gasteiger partial charge is 0.648 e. The van der Waals surface area contributed by atoms with Gasteiger partial charge in [0.25, 0.3) is 5.97 Å². The summed E-state index contributed by atoms with van der Waals surface area (Å²) < 4.78 is 0. The normalized spacial score (nSPS) is 31.3. The molecule has 1 heterocycles. The Morgan fingerprint density at radius 2 is 2.20 bits per heavy atom. The molecule has 2 atom stereocenters. The summed E-state index contributed by atoms with van der Waals surface area (Å²) in [6.45, 7) is 0.275. The molecule has 4 nitrogen and oxygen atoms in total. The summed E-state index contributed by atoms with van der Waals surface area (Å²) in [5.41, 5.74) is 0. The first kappa shape index (κ1) is 10.8. The summed E-state index contributed by atoms with van der Waals surface area (Å²) >= 11 is 0. The summed E-state index contributed by atoms with van der Waals surface area (Å²) in [6, 6.07) is -0.667. The molecule has 10 heavy (non-hydrogen) atoms. The molecule has 0 amide bonds. The fraction of sp³-hybridized carbons (Fsp3) is 0.800. The van der Waals surface area contributed by atoms with Crippen LogP contribution in [0.3, 0.4) is 0 Å². The summed E-state index contributed by atoms with van der Waals surface area (Å²) in [4.78, 5) is 10.1. The third-order valence-electron chi connectivity index (χ3n) is 1.32. The molecule has 5 heteroatoms. The number of carboxylic acid groups (broad SMARTS) is 1. The first-order valence-electron chi connectivity index (χ1n) is 2.77. The van der Waals surface area contributed by atoms with Crippen LogP contribution in [0.5, 0.6) is 0 Å². The largest absolute Gasteiger partial charge is 3.00 e. The van der Waals surface area contributed by atoms with Crippen LogP contribution in [0.1, 0.15) is 6.42 Å². The van der Waals surface area contributed by atoms with Crippen molar-refractivity contribution in [2.24, 2.45) is 0 Å². The minimum absolute atomic E-state index is 0. The van der Waals surface area contributed by atoms with Gasteiger partial charge in [0.2, 0.25) is 0 Å². The van der Waals surface area contributed by atoms with E-state index in [1.165, 1.54) is 0 Å². The molecule has 0 aromatic rings. The predicted molar refractivity (Wildman–Crippen MR) is 30.3 cm³/mol. The summed E-state index contributed by atoms with van der Waals surface area (Å²) in [7, 11) is 0. The Labute approximate surface area is 91.9 Å². The van der Waals surface area contributed by atoms with Crippen molar-refractivity contribution in [3.63, 3.8) is 0 Å². The van der Waals surface area contributed by atoms with Crippen molar-refractivity contribution >= 4 is 5.97 Å². The molecule has 1 aliphatic rings. The molecule has 0 spiro atoms. The van der Waals surface area contributed by atoms with E-state index in [-0.39, 0.29) is 54.3 Å². The van der Waals surface area contributed by atoms with Crippen LogP contribution in [0.15, 0.2) is 0 Å². The maximum absolute atomic E-state index is 10.1. The van der Waals surface area contributed by atoms with Crippen molar-refractivity contribution < 1.29 is 56.3 Å². The quantitative estimate of drug-likeness (QED) is 0.680. The average molecular weight is 271 g/mol. The number of aliphatic hydroxyl groups excluding tert-OH is 1. The monoisotopic (exact) mass is 271 g/mol. The van der Waals surface area contributed by atoms with E-state index in [1.54, 1.807) is 0 Å². The van der Waals surface area contributed by atoms with Gasteiger partial charge in [-0.1, -0.05) is 0 Å². The zero-order valence-corrected chi connectivity index (χ0v) is 9.10. The number of aliphatic carboxylic acids is 1. The SMILES string of the molecule is O=C(O)C1CC(O)C[N-]1.[Pr+3]. The molecule has 0 aliphatic carbocycles. The van der Waals surface area contributed by atoms with Crippen LogP contribution in [0.4, 0.5) is 0 Å². The van der Waals surface area contributed by atoms with Gasteiger partial charge in [0.1, 0.15) is 0 Å². The Bertz CT molecular complexity index is 130. The first-order chi connectivity index (χ1) is 4.20. The van der Waals surface area contributed by atoms with Crippen LogP contribution in [0.2, 0.25) is 0 Å². The maximum atomic E-state index is 10.1. The van der Waals surface area contributed by atoms with Crippen LogP contribution in [-0.4, -0.2) is 34.9 Å². The number of aliphatic hydroxyl groups is 1. The van der Waals surface area contributed by atoms with Crippen molar-refractivity contribution in [2.75, 3.05) is 6.54 Å². The number of hydrogen-bond acceptors (Lipinski definition) is 2. The zero-order valence-electron chi connectivity index (χ0n) is 5.40. The zero-order chi connectivity index (χ0) is 6.85. The Kier molecular flexibility index (Phi) is 4.94. The van der Waals surface area contributed by atoms with Gasteiger partial charge in [0, 0.05) is 6.10 Å². The second kappa shape index (κ2) is 4.59. The number of carbonyl (C=O) groups is 1. The fourth-order valence-corrected chi connectivity index (χ4v) is 0.835. The molecule has 52 valence electrons. The first-order valence-corrected chi connectivity index (χ1v) is 2.77. The van der Waals surface area contributed by atoms with Gasteiger partial charge in [-0.05, 0) is 12.5 Å². The summed E-state index contributed by atoms with van der Waals surface area (Å²) in [5, 5.41) is 20.8. The maximum Gasteiger partial charge on any atom is 3.00 e. The molecule has 1 aliphatic heterocycles. The molecular weight excluding hydrogens is 263 g/mol. The molecular formula is C5H8NO3Pr+2. The minimum atomic E-state index is -0.938. The van der Waals surface area contributed by atoms with Crippen molar-refractivity contribution in [3.8, 4) is 0 Å². The third kappa shape index (κ3) is 2.78. The van der Waals surface area contributed by atoms with E-state index in [1.807, 2.05) is 0 Å². The molecule has 2 N–H and O–H groups in total. The van der Waals surface area contributed by atoms with Crippen LogP contribution >= 0.6 is 0 Å². The molecule has 1 saturated heterocycles. The molecule has 0 radical (unpaired) electrons. The Morgan fingerprint density at radius 3 is 2.40 bits per heavy atom. The predicted octanol–water partition coefficient (Wildman–Crippen LogP) is -0.422. The van der Waals surface area contributed by atoms with Gasteiger partial charge in [-0.3, -0.25) is 4.79 Å². The number of hydrogen-bond donors (Lipinski definition) is 2. The average Bonchev–Trinajstić information content (AvgIpc) is 2.14. The Balaban J connectivity index is 0.000000810. The van der Waals surface area contributed by atoms with E-state index in [0.717, 1.165) is 0 Å². The van der Waals surface area contributed by atoms with E-state index in [2.05, 4.69) is 5.32 Å². The topological polar surface area (TPSA) is 71.6 Å².